The van der Waals surface area contributed by atoms with Crippen LogP contribution in [0.2, 0.25) is 0 Å². The Labute approximate surface area is 89.9 Å². The van der Waals surface area contributed by atoms with E-state index < -0.39 is 0 Å². The number of rotatable bonds is 5. The predicted octanol–water partition coefficient (Wildman–Crippen LogP) is 1.46. The van der Waals surface area contributed by atoms with Crippen molar-refractivity contribution in [3.05, 3.63) is 24.0 Å². The van der Waals surface area contributed by atoms with Gasteiger partial charge in [0.2, 0.25) is 5.91 Å². The number of carbonyl (C=O) groups excluding carboxylic acids is 1. The van der Waals surface area contributed by atoms with Gasteiger partial charge in [0.25, 0.3) is 0 Å². The lowest BCUT2D eigenvalue weighted by atomic mass is 10.2. The van der Waals surface area contributed by atoms with Crippen molar-refractivity contribution >= 4 is 11.6 Å². The molecule has 0 saturated carbocycles. The minimum absolute atomic E-state index is 0.0274. The molecule has 0 bridgehead atoms. The summed E-state index contributed by atoms with van der Waals surface area (Å²) >= 11 is 0. The number of anilines is 1. The number of hydrogen-bond donors (Lipinski definition) is 2. The number of carbonyl (C=O) groups is 1. The Morgan fingerprint density at radius 3 is 3.00 bits per heavy atom. The number of amides is 1. The molecule has 4 nitrogen and oxygen atoms in total. The molecule has 82 valence electrons. The Hall–Kier alpha value is -1.42. The van der Waals surface area contributed by atoms with Crippen LogP contribution in [0.3, 0.4) is 0 Å². The average molecular weight is 207 g/mol. The fourth-order valence-electron chi connectivity index (χ4n) is 1.26. The maximum Gasteiger partial charge on any atom is 0.224 e. The van der Waals surface area contributed by atoms with E-state index in [-0.39, 0.29) is 5.91 Å². The molecule has 0 saturated heterocycles. The number of nitrogens with two attached hydrogens (primary N) is 1. The van der Waals surface area contributed by atoms with Crippen LogP contribution in [0.1, 0.15) is 25.0 Å². The third-order valence-corrected chi connectivity index (χ3v) is 2.14. The number of aromatic nitrogens is 1. The third kappa shape index (κ3) is 4.08. The zero-order valence-corrected chi connectivity index (χ0v) is 8.99. The second-order valence-electron chi connectivity index (χ2n) is 3.43. The summed E-state index contributed by atoms with van der Waals surface area (Å²) in [6.45, 7) is 2.51. The molecule has 0 aliphatic carbocycles. The van der Waals surface area contributed by atoms with Crippen LogP contribution in [0.4, 0.5) is 5.69 Å². The first-order chi connectivity index (χ1) is 7.24. The molecule has 0 atom stereocenters. The van der Waals surface area contributed by atoms with Gasteiger partial charge in [0.1, 0.15) is 0 Å². The van der Waals surface area contributed by atoms with E-state index in [1.165, 1.54) is 0 Å². The lowest BCUT2D eigenvalue weighted by Gasteiger charge is -2.06. The summed E-state index contributed by atoms with van der Waals surface area (Å²) in [5, 5.41) is 2.83. The number of hydrogen-bond acceptors (Lipinski definition) is 3. The van der Waals surface area contributed by atoms with Gasteiger partial charge in [-0.05, 0) is 38.4 Å². The molecule has 0 aliphatic heterocycles. The smallest absolute Gasteiger partial charge is 0.224 e. The zero-order valence-electron chi connectivity index (χ0n) is 8.99. The summed E-state index contributed by atoms with van der Waals surface area (Å²) in [6.07, 6.45) is 3.95. The van der Waals surface area contributed by atoms with Gasteiger partial charge < -0.3 is 11.1 Å². The Kier molecular flexibility index (Phi) is 4.77. The molecule has 1 aromatic rings. The number of unbranched alkanes of at least 4 members (excludes halogenated alkanes) is 1. The Morgan fingerprint density at radius 1 is 1.53 bits per heavy atom. The van der Waals surface area contributed by atoms with E-state index in [1.807, 2.05) is 19.1 Å². The summed E-state index contributed by atoms with van der Waals surface area (Å²) in [5.41, 5.74) is 6.97. The highest BCUT2D eigenvalue weighted by Crippen LogP contribution is 2.10. The summed E-state index contributed by atoms with van der Waals surface area (Å²) in [5.74, 6) is 0.0274. The van der Waals surface area contributed by atoms with E-state index >= 15 is 0 Å². The van der Waals surface area contributed by atoms with Gasteiger partial charge in [-0.2, -0.15) is 0 Å². The molecule has 0 fully saturated rings. The van der Waals surface area contributed by atoms with Crippen LogP contribution in [-0.2, 0) is 4.79 Å². The van der Waals surface area contributed by atoms with Crippen molar-refractivity contribution in [3.8, 4) is 0 Å². The van der Waals surface area contributed by atoms with Gasteiger partial charge in [-0.3, -0.25) is 9.78 Å². The minimum atomic E-state index is 0.0274. The standard InChI is InChI=1S/C11H17N3O/c1-9-10(5-4-8-13-9)14-11(15)6-2-3-7-12/h4-5,8H,2-3,6-7,12H2,1H3,(H,14,15). The molecule has 15 heavy (non-hydrogen) atoms. The molecule has 0 radical (unpaired) electrons. The summed E-state index contributed by atoms with van der Waals surface area (Å²) in [6, 6.07) is 3.66. The van der Waals surface area contributed by atoms with Crippen molar-refractivity contribution in [2.75, 3.05) is 11.9 Å². The zero-order chi connectivity index (χ0) is 11.1. The molecule has 1 heterocycles. The van der Waals surface area contributed by atoms with Gasteiger partial charge in [-0.25, -0.2) is 0 Å². The molecule has 1 rings (SSSR count). The lowest BCUT2D eigenvalue weighted by molar-refractivity contribution is -0.116. The van der Waals surface area contributed by atoms with Crippen LogP contribution in [0.5, 0.6) is 0 Å². The largest absolute Gasteiger partial charge is 0.330 e. The Balaban J connectivity index is 2.41. The quantitative estimate of drug-likeness (QED) is 0.718. The fraction of sp³-hybridized carbons (Fsp3) is 0.455. The van der Waals surface area contributed by atoms with Gasteiger partial charge in [0, 0.05) is 12.6 Å². The number of nitrogens with one attached hydrogen (secondary N) is 1. The summed E-state index contributed by atoms with van der Waals surface area (Å²) < 4.78 is 0. The molecule has 0 aliphatic rings. The van der Waals surface area contributed by atoms with Crippen LogP contribution in [0, 0.1) is 6.92 Å². The van der Waals surface area contributed by atoms with Gasteiger partial charge in [0.15, 0.2) is 0 Å². The Bertz CT molecular complexity index is 325. The van der Waals surface area contributed by atoms with Crippen LogP contribution in [0.15, 0.2) is 18.3 Å². The average Bonchev–Trinajstić information content (AvgIpc) is 2.22. The van der Waals surface area contributed by atoms with Crippen molar-refractivity contribution in [1.29, 1.82) is 0 Å². The van der Waals surface area contributed by atoms with E-state index in [4.69, 9.17) is 5.73 Å². The van der Waals surface area contributed by atoms with Crippen molar-refractivity contribution in [2.24, 2.45) is 5.73 Å². The van der Waals surface area contributed by atoms with E-state index in [0.29, 0.717) is 13.0 Å². The van der Waals surface area contributed by atoms with Crippen molar-refractivity contribution in [2.45, 2.75) is 26.2 Å². The fourth-order valence-corrected chi connectivity index (χ4v) is 1.26. The van der Waals surface area contributed by atoms with E-state index in [1.54, 1.807) is 6.20 Å². The van der Waals surface area contributed by atoms with E-state index in [0.717, 1.165) is 24.2 Å². The SMILES string of the molecule is Cc1ncccc1NC(=O)CCCCN. The van der Waals surface area contributed by atoms with Crippen molar-refractivity contribution in [3.63, 3.8) is 0 Å². The van der Waals surface area contributed by atoms with Gasteiger partial charge >= 0.3 is 0 Å². The molecule has 0 spiro atoms. The van der Waals surface area contributed by atoms with Crippen molar-refractivity contribution in [1.82, 2.24) is 4.98 Å². The van der Waals surface area contributed by atoms with E-state index in [2.05, 4.69) is 10.3 Å². The summed E-state index contributed by atoms with van der Waals surface area (Å²) in [7, 11) is 0. The van der Waals surface area contributed by atoms with Crippen LogP contribution < -0.4 is 11.1 Å². The van der Waals surface area contributed by atoms with Crippen molar-refractivity contribution < 1.29 is 4.79 Å². The first-order valence-electron chi connectivity index (χ1n) is 5.15. The topological polar surface area (TPSA) is 68.0 Å². The predicted molar refractivity (Wildman–Crippen MR) is 60.5 cm³/mol. The highest BCUT2D eigenvalue weighted by molar-refractivity contribution is 5.91. The molecule has 3 N–H and O–H groups in total. The summed E-state index contributed by atoms with van der Waals surface area (Å²) in [4.78, 5) is 15.6. The molecule has 0 aromatic carbocycles. The minimum Gasteiger partial charge on any atom is -0.330 e. The Morgan fingerprint density at radius 2 is 2.33 bits per heavy atom. The number of nitrogens with zero attached hydrogens (tertiary/aromatic N) is 1. The van der Waals surface area contributed by atoms with Crippen LogP contribution >= 0.6 is 0 Å². The van der Waals surface area contributed by atoms with Gasteiger partial charge in [0.05, 0.1) is 11.4 Å². The second kappa shape index (κ2) is 6.14. The lowest BCUT2D eigenvalue weighted by Crippen LogP contribution is -2.13. The first-order valence-corrected chi connectivity index (χ1v) is 5.15. The number of aryl methyl sites for hydroxylation is 1. The molecule has 1 aromatic heterocycles. The highest BCUT2D eigenvalue weighted by Gasteiger charge is 2.03. The molecule has 0 unspecified atom stereocenters. The van der Waals surface area contributed by atoms with E-state index in [9.17, 15) is 4.79 Å². The van der Waals surface area contributed by atoms with Gasteiger partial charge in [-0.15, -0.1) is 0 Å². The second-order valence-corrected chi connectivity index (χ2v) is 3.43. The van der Waals surface area contributed by atoms with Crippen LogP contribution in [-0.4, -0.2) is 17.4 Å². The molecule has 4 heteroatoms. The monoisotopic (exact) mass is 207 g/mol. The highest BCUT2D eigenvalue weighted by atomic mass is 16.1. The molecular weight excluding hydrogens is 190 g/mol. The maximum atomic E-state index is 11.5. The maximum absolute atomic E-state index is 11.5. The third-order valence-electron chi connectivity index (χ3n) is 2.14. The van der Waals surface area contributed by atoms with Crippen LogP contribution in [0.25, 0.3) is 0 Å². The normalized spacial score (nSPS) is 10.0. The molecule has 1 amide bonds. The number of pyridine rings is 1. The molecular formula is C11H17N3O. The van der Waals surface area contributed by atoms with Gasteiger partial charge in [-0.1, -0.05) is 0 Å². The first kappa shape index (κ1) is 11.7.